The van der Waals surface area contributed by atoms with Crippen LogP contribution in [0.2, 0.25) is 0 Å². The predicted octanol–water partition coefficient (Wildman–Crippen LogP) is 0.948. The first-order valence-corrected chi connectivity index (χ1v) is 4.15. The third kappa shape index (κ3) is 1.06. The molecule has 1 N–H and O–H groups in total. The number of aromatic nitrogens is 3. The molecule has 4 nitrogen and oxygen atoms in total. The minimum atomic E-state index is -0.0371. The van der Waals surface area contributed by atoms with Crippen molar-refractivity contribution >= 4 is 5.65 Å². The molecule has 2 heterocycles. The number of hydrogen-bond acceptors (Lipinski definition) is 2. The number of aryl methyl sites for hydroxylation is 2. The molecule has 4 heteroatoms. The Labute approximate surface area is 75.2 Å². The number of nitrogens with zero attached hydrogens (tertiary/aromatic N) is 2. The molecule has 0 aromatic carbocycles. The van der Waals surface area contributed by atoms with Crippen LogP contribution in [-0.2, 0) is 0 Å². The lowest BCUT2D eigenvalue weighted by molar-refractivity contribution is 0.856. The lowest BCUT2D eigenvalue weighted by Gasteiger charge is -2.01. The van der Waals surface area contributed by atoms with Gasteiger partial charge in [0.1, 0.15) is 5.65 Å². The van der Waals surface area contributed by atoms with Crippen molar-refractivity contribution in [2.75, 3.05) is 0 Å². The van der Waals surface area contributed by atoms with Crippen LogP contribution < -0.4 is 5.56 Å². The second-order valence-corrected chi connectivity index (χ2v) is 3.25. The first kappa shape index (κ1) is 8.04. The van der Waals surface area contributed by atoms with Crippen LogP contribution in [0.3, 0.4) is 0 Å². The molecule has 2 rings (SSSR count). The Morgan fingerprint density at radius 1 is 1.38 bits per heavy atom. The zero-order valence-corrected chi connectivity index (χ0v) is 7.88. The van der Waals surface area contributed by atoms with Gasteiger partial charge in [-0.15, -0.1) is 0 Å². The summed E-state index contributed by atoms with van der Waals surface area (Å²) in [6.07, 6.45) is 0. The second kappa shape index (κ2) is 2.45. The molecule has 0 atom stereocenters. The topological polar surface area (TPSA) is 50.2 Å². The number of rotatable bonds is 0. The van der Waals surface area contributed by atoms with Crippen molar-refractivity contribution in [1.29, 1.82) is 0 Å². The van der Waals surface area contributed by atoms with Crippen LogP contribution in [0.25, 0.3) is 5.65 Å². The smallest absolute Gasteiger partial charge is 0.254 e. The van der Waals surface area contributed by atoms with E-state index in [-0.39, 0.29) is 5.56 Å². The highest BCUT2D eigenvalue weighted by Gasteiger charge is 2.05. The van der Waals surface area contributed by atoms with Gasteiger partial charge >= 0.3 is 0 Å². The highest BCUT2D eigenvalue weighted by Crippen LogP contribution is 2.05. The van der Waals surface area contributed by atoms with E-state index in [2.05, 4.69) is 10.1 Å². The van der Waals surface area contributed by atoms with Crippen molar-refractivity contribution in [2.24, 2.45) is 0 Å². The zero-order chi connectivity index (χ0) is 9.59. The zero-order valence-electron chi connectivity index (χ0n) is 7.88. The lowest BCUT2D eigenvalue weighted by atomic mass is 10.3. The van der Waals surface area contributed by atoms with Gasteiger partial charge in [-0.25, -0.2) is 4.52 Å². The first-order valence-electron chi connectivity index (χ1n) is 4.15. The quantitative estimate of drug-likeness (QED) is 0.651. The molecule has 0 fully saturated rings. The third-order valence-corrected chi connectivity index (χ3v) is 2.27. The number of H-pyrrole nitrogens is 1. The van der Waals surface area contributed by atoms with Crippen LogP contribution in [0.4, 0.5) is 0 Å². The predicted molar refractivity (Wildman–Crippen MR) is 50.0 cm³/mol. The van der Waals surface area contributed by atoms with Gasteiger partial charge in [0.2, 0.25) is 0 Å². The molecule has 2 aromatic heterocycles. The van der Waals surface area contributed by atoms with Crippen molar-refractivity contribution in [2.45, 2.75) is 20.8 Å². The Bertz CT molecular complexity index is 521. The Balaban J connectivity index is 3.01. The van der Waals surface area contributed by atoms with Gasteiger partial charge in [0.15, 0.2) is 0 Å². The van der Waals surface area contributed by atoms with Gasteiger partial charge in [-0.3, -0.25) is 4.79 Å². The Morgan fingerprint density at radius 2 is 2.08 bits per heavy atom. The van der Waals surface area contributed by atoms with Crippen molar-refractivity contribution in [3.05, 3.63) is 33.4 Å². The fourth-order valence-electron chi connectivity index (χ4n) is 1.38. The molecule has 13 heavy (non-hydrogen) atoms. The van der Waals surface area contributed by atoms with Crippen LogP contribution in [0.1, 0.15) is 17.0 Å². The summed E-state index contributed by atoms with van der Waals surface area (Å²) in [4.78, 5) is 14.1. The van der Waals surface area contributed by atoms with Crippen molar-refractivity contribution < 1.29 is 0 Å². The summed E-state index contributed by atoms with van der Waals surface area (Å²) in [6.45, 7) is 5.59. The van der Waals surface area contributed by atoms with Gasteiger partial charge in [0.25, 0.3) is 5.56 Å². The van der Waals surface area contributed by atoms with Gasteiger partial charge in [-0.05, 0) is 20.8 Å². The SMILES string of the molecule is Cc1cc2[nH]c(=O)c(C)c(C)n2n1. The fourth-order valence-corrected chi connectivity index (χ4v) is 1.38. The van der Waals surface area contributed by atoms with E-state index >= 15 is 0 Å². The lowest BCUT2D eigenvalue weighted by Crippen LogP contribution is -2.15. The van der Waals surface area contributed by atoms with Crippen LogP contribution in [0, 0.1) is 20.8 Å². The summed E-state index contributed by atoms with van der Waals surface area (Å²) < 4.78 is 1.76. The monoisotopic (exact) mass is 177 g/mol. The minimum absolute atomic E-state index is 0.0371. The molecule has 0 unspecified atom stereocenters. The van der Waals surface area contributed by atoms with Gasteiger partial charge in [0.05, 0.1) is 5.69 Å². The largest absolute Gasteiger partial charge is 0.307 e. The molecule has 0 spiro atoms. The molecular formula is C9H11N3O. The second-order valence-electron chi connectivity index (χ2n) is 3.25. The average Bonchev–Trinajstić information content (AvgIpc) is 2.42. The number of fused-ring (bicyclic) bond motifs is 1. The third-order valence-electron chi connectivity index (χ3n) is 2.27. The van der Waals surface area contributed by atoms with E-state index in [4.69, 9.17) is 0 Å². The van der Waals surface area contributed by atoms with Gasteiger partial charge in [0, 0.05) is 17.3 Å². The minimum Gasteiger partial charge on any atom is -0.307 e. The summed E-state index contributed by atoms with van der Waals surface area (Å²) in [5.41, 5.74) is 3.24. The molecule has 0 aliphatic carbocycles. The molecule has 0 bridgehead atoms. The molecule has 2 aromatic rings. The Kier molecular flexibility index (Phi) is 1.52. The maximum Gasteiger partial charge on any atom is 0.254 e. The van der Waals surface area contributed by atoms with E-state index in [0.717, 1.165) is 22.6 Å². The molecule has 0 amide bonds. The molecule has 0 saturated carbocycles. The highest BCUT2D eigenvalue weighted by atomic mass is 16.1. The first-order chi connectivity index (χ1) is 6.09. The normalized spacial score (nSPS) is 11.0. The Hall–Kier alpha value is -1.58. The molecule has 0 aliphatic heterocycles. The van der Waals surface area contributed by atoms with E-state index < -0.39 is 0 Å². The summed E-state index contributed by atoms with van der Waals surface area (Å²) in [6, 6.07) is 1.86. The molecule has 0 aliphatic rings. The van der Waals surface area contributed by atoms with E-state index in [1.54, 1.807) is 11.4 Å². The summed E-state index contributed by atoms with van der Waals surface area (Å²) in [7, 11) is 0. The van der Waals surface area contributed by atoms with Crippen molar-refractivity contribution in [3.8, 4) is 0 Å². The van der Waals surface area contributed by atoms with Gasteiger partial charge < -0.3 is 4.98 Å². The van der Waals surface area contributed by atoms with Gasteiger partial charge in [-0.1, -0.05) is 0 Å². The van der Waals surface area contributed by atoms with Crippen molar-refractivity contribution in [3.63, 3.8) is 0 Å². The highest BCUT2D eigenvalue weighted by molar-refractivity contribution is 5.41. The number of aromatic amines is 1. The van der Waals surface area contributed by atoms with Crippen LogP contribution in [-0.4, -0.2) is 14.6 Å². The standard InChI is InChI=1S/C9H11N3O/c1-5-4-8-10-9(13)6(2)7(3)12(8)11-5/h4H,1-3H3,(H,10,13). The maximum atomic E-state index is 11.4. The molecular weight excluding hydrogens is 166 g/mol. The van der Waals surface area contributed by atoms with Crippen molar-refractivity contribution in [1.82, 2.24) is 14.6 Å². The van der Waals surface area contributed by atoms with Crippen LogP contribution in [0.15, 0.2) is 10.9 Å². The molecule has 0 saturated heterocycles. The molecule has 0 radical (unpaired) electrons. The number of nitrogens with one attached hydrogen (secondary N) is 1. The average molecular weight is 177 g/mol. The van der Waals surface area contributed by atoms with E-state index in [1.165, 1.54) is 0 Å². The van der Waals surface area contributed by atoms with Crippen LogP contribution >= 0.6 is 0 Å². The Morgan fingerprint density at radius 3 is 2.77 bits per heavy atom. The fraction of sp³-hybridized carbons (Fsp3) is 0.333. The van der Waals surface area contributed by atoms with E-state index in [1.807, 2.05) is 19.9 Å². The maximum absolute atomic E-state index is 11.4. The molecule has 68 valence electrons. The summed E-state index contributed by atoms with van der Waals surface area (Å²) >= 11 is 0. The number of hydrogen-bond donors (Lipinski definition) is 1. The van der Waals surface area contributed by atoms with Gasteiger partial charge in [-0.2, -0.15) is 5.10 Å². The van der Waals surface area contributed by atoms with E-state index in [9.17, 15) is 4.79 Å². The van der Waals surface area contributed by atoms with Crippen LogP contribution in [0.5, 0.6) is 0 Å². The summed E-state index contributed by atoms with van der Waals surface area (Å²) in [5.74, 6) is 0. The van der Waals surface area contributed by atoms with E-state index in [0.29, 0.717) is 0 Å². The summed E-state index contributed by atoms with van der Waals surface area (Å²) in [5, 5.41) is 4.26.